The third-order valence-electron chi connectivity index (χ3n) is 9.17. The van der Waals surface area contributed by atoms with Crippen LogP contribution in [0.25, 0.3) is 0 Å². The van der Waals surface area contributed by atoms with Gasteiger partial charge in [0, 0.05) is 29.3 Å². The monoisotopic (exact) mass is 665 g/mol. The summed E-state index contributed by atoms with van der Waals surface area (Å²) in [7, 11) is 1.57. The summed E-state index contributed by atoms with van der Waals surface area (Å²) < 4.78 is 12.1. The molecule has 9 nitrogen and oxygen atoms in total. The van der Waals surface area contributed by atoms with Crippen LogP contribution in [0.2, 0.25) is 0 Å². The minimum absolute atomic E-state index is 0.170. The van der Waals surface area contributed by atoms with E-state index in [1.54, 1.807) is 53.3 Å². The van der Waals surface area contributed by atoms with E-state index in [1.165, 1.54) is 4.90 Å². The normalized spacial score (nSPS) is 27.6. The number of aliphatic hydroxyl groups excluding tert-OH is 1. The summed E-state index contributed by atoms with van der Waals surface area (Å²) in [6.07, 6.45) is 3.02. The number of methoxy groups -OCH3 is 1. The van der Waals surface area contributed by atoms with Gasteiger partial charge in [0.2, 0.25) is 11.8 Å². The van der Waals surface area contributed by atoms with E-state index in [2.05, 4.69) is 29.1 Å². The number of ether oxygens (including phenoxy) is 2. The number of alkyl halides is 1. The van der Waals surface area contributed by atoms with E-state index < -0.39 is 35.6 Å². The topological polar surface area (TPSA) is 99.6 Å². The number of halogens is 1. The number of para-hydroxylation sites is 1. The average molecular weight is 667 g/mol. The lowest BCUT2D eigenvalue weighted by Crippen LogP contribution is -2.60. The van der Waals surface area contributed by atoms with Crippen molar-refractivity contribution in [3.63, 3.8) is 0 Å². The van der Waals surface area contributed by atoms with E-state index >= 15 is 0 Å². The second-order valence-electron chi connectivity index (χ2n) is 11.9. The summed E-state index contributed by atoms with van der Waals surface area (Å²) in [6.45, 7) is 11.6. The predicted octanol–water partition coefficient (Wildman–Crippen LogP) is 4.20. The van der Waals surface area contributed by atoms with Crippen LogP contribution in [0, 0.1) is 17.8 Å². The highest BCUT2D eigenvalue weighted by Gasteiger charge is 2.77. The summed E-state index contributed by atoms with van der Waals surface area (Å²) in [5.74, 6) is -2.26. The number of hydrogen-bond donors (Lipinski definition) is 1. The first-order valence-corrected chi connectivity index (χ1v) is 15.8. The van der Waals surface area contributed by atoms with Gasteiger partial charge in [-0.05, 0) is 48.7 Å². The van der Waals surface area contributed by atoms with Crippen molar-refractivity contribution in [2.75, 3.05) is 36.6 Å². The molecule has 0 aromatic heterocycles. The molecule has 0 radical (unpaired) electrons. The minimum atomic E-state index is -1.28. The molecule has 0 aliphatic carbocycles. The lowest BCUT2D eigenvalue weighted by Gasteiger charge is -2.40. The first-order valence-electron chi connectivity index (χ1n) is 14.9. The van der Waals surface area contributed by atoms with Crippen LogP contribution in [0.15, 0.2) is 79.9 Å². The highest BCUT2D eigenvalue weighted by molar-refractivity contribution is 9.09. The fourth-order valence-electron chi connectivity index (χ4n) is 7.21. The Morgan fingerprint density at radius 2 is 1.66 bits per heavy atom. The van der Waals surface area contributed by atoms with E-state index in [0.717, 1.165) is 0 Å². The van der Waals surface area contributed by atoms with Crippen molar-refractivity contribution in [1.82, 2.24) is 4.90 Å². The number of rotatable bonds is 12. The molecule has 3 saturated heterocycles. The highest BCUT2D eigenvalue weighted by atomic mass is 79.9. The van der Waals surface area contributed by atoms with Crippen LogP contribution in [-0.4, -0.2) is 83.2 Å². The number of amides is 3. The smallest absolute Gasteiger partial charge is 0.253 e. The van der Waals surface area contributed by atoms with Crippen LogP contribution in [0.4, 0.5) is 11.4 Å². The molecule has 3 fully saturated rings. The summed E-state index contributed by atoms with van der Waals surface area (Å²) in [5.41, 5.74) is 0.00474. The van der Waals surface area contributed by atoms with E-state index in [-0.39, 0.29) is 48.2 Å². The fraction of sp³-hybridized carbons (Fsp3) is 0.441. The van der Waals surface area contributed by atoms with Gasteiger partial charge < -0.3 is 29.3 Å². The van der Waals surface area contributed by atoms with Gasteiger partial charge in [-0.1, -0.05) is 60.1 Å². The summed E-state index contributed by atoms with van der Waals surface area (Å²) in [6, 6.07) is 14.6. The quantitative estimate of drug-likeness (QED) is 0.270. The zero-order chi connectivity index (χ0) is 31.8. The number of nitrogens with zero attached hydrogens (tertiary/aromatic N) is 3. The Balaban J connectivity index is 1.62. The number of carbonyl (C=O) groups is 3. The lowest BCUT2D eigenvalue weighted by molar-refractivity contribution is -0.145. The summed E-state index contributed by atoms with van der Waals surface area (Å²) in [4.78, 5) is 48.4. The molecule has 2 aromatic carbocycles. The molecule has 44 heavy (non-hydrogen) atoms. The molecule has 3 aliphatic heterocycles. The van der Waals surface area contributed by atoms with Crippen LogP contribution < -0.4 is 14.5 Å². The summed E-state index contributed by atoms with van der Waals surface area (Å²) in [5, 5.41) is 10.6. The highest BCUT2D eigenvalue weighted by Crippen LogP contribution is 2.61. The number of benzene rings is 2. The van der Waals surface area contributed by atoms with E-state index in [1.807, 2.05) is 44.2 Å². The molecule has 3 heterocycles. The zero-order valence-electron chi connectivity index (χ0n) is 25.3. The molecule has 10 heteroatoms. The van der Waals surface area contributed by atoms with Gasteiger partial charge in [0.05, 0.1) is 37.7 Å². The van der Waals surface area contributed by atoms with Gasteiger partial charge in [-0.3, -0.25) is 14.4 Å². The Labute approximate surface area is 267 Å². The number of aliphatic hydroxyl groups is 1. The van der Waals surface area contributed by atoms with Gasteiger partial charge in [-0.25, -0.2) is 0 Å². The molecule has 3 aliphatic rings. The van der Waals surface area contributed by atoms with Crippen molar-refractivity contribution < 1.29 is 29.0 Å². The predicted molar refractivity (Wildman–Crippen MR) is 173 cm³/mol. The van der Waals surface area contributed by atoms with Crippen molar-refractivity contribution in [2.24, 2.45) is 17.8 Å². The maximum absolute atomic E-state index is 14.8. The summed E-state index contributed by atoms with van der Waals surface area (Å²) >= 11 is 3.76. The van der Waals surface area contributed by atoms with Gasteiger partial charge in [-0.15, -0.1) is 13.2 Å². The molecule has 3 unspecified atom stereocenters. The second kappa shape index (κ2) is 12.9. The maximum atomic E-state index is 14.8. The van der Waals surface area contributed by atoms with E-state index in [4.69, 9.17) is 9.47 Å². The Kier molecular flexibility index (Phi) is 9.34. The van der Waals surface area contributed by atoms with Gasteiger partial charge in [0.25, 0.3) is 5.91 Å². The first kappa shape index (κ1) is 31.9. The van der Waals surface area contributed by atoms with Crippen LogP contribution in [-0.2, 0) is 19.1 Å². The largest absolute Gasteiger partial charge is 0.497 e. The molecule has 1 spiro atoms. The number of likely N-dealkylation sites (tertiary alicyclic amines) is 1. The molecule has 0 saturated carbocycles. The van der Waals surface area contributed by atoms with Gasteiger partial charge in [0.15, 0.2) is 0 Å². The third kappa shape index (κ3) is 5.16. The molecule has 5 rings (SSSR count). The van der Waals surface area contributed by atoms with E-state index in [9.17, 15) is 19.5 Å². The van der Waals surface area contributed by atoms with Gasteiger partial charge in [0.1, 0.15) is 17.4 Å². The van der Waals surface area contributed by atoms with Crippen LogP contribution in [0.1, 0.15) is 20.3 Å². The Hall–Kier alpha value is -3.47. The number of anilines is 2. The first-order chi connectivity index (χ1) is 21.1. The fourth-order valence-corrected chi connectivity index (χ4v) is 8.15. The Bertz CT molecular complexity index is 1400. The van der Waals surface area contributed by atoms with Gasteiger partial charge in [-0.2, -0.15) is 0 Å². The van der Waals surface area contributed by atoms with E-state index in [0.29, 0.717) is 23.5 Å². The number of carbonyl (C=O) groups excluding carboxylic acids is 3. The maximum Gasteiger partial charge on any atom is 0.253 e. The molecule has 234 valence electrons. The standard InChI is InChI=1S/C34H40BrN3O6/c1-6-17-36(22-11-9-8-10-12-22)31(40)27-28-32(41)38(26(20-39)21(3)4)30(34(28)19-25(35)29(27)44-34)33(42)37(18-7-2)23-13-15-24(43-5)16-14-23/h6-16,21,25-30,39H,1-2,17-20H2,3-5H3/t25?,26-,27+,28-,29+,30?,34?/m0/s1. The molecule has 2 bridgehead atoms. The minimum Gasteiger partial charge on any atom is -0.497 e. The molecular formula is C34H40BrN3O6. The van der Waals surface area contributed by atoms with Crippen molar-refractivity contribution in [1.29, 1.82) is 0 Å². The molecule has 2 aromatic rings. The molecule has 7 atom stereocenters. The van der Waals surface area contributed by atoms with Crippen LogP contribution in [0.3, 0.4) is 0 Å². The van der Waals surface area contributed by atoms with Crippen molar-refractivity contribution in [3.8, 4) is 5.75 Å². The average Bonchev–Trinajstić information content (AvgIpc) is 3.62. The molecule has 3 amide bonds. The molecular weight excluding hydrogens is 626 g/mol. The van der Waals surface area contributed by atoms with Crippen molar-refractivity contribution in [3.05, 3.63) is 79.9 Å². The SMILES string of the molecule is C=CCN(C(=O)C1N([C@@H](CO)C(C)C)C(=O)[C@@H]2[C@@H](C(=O)N(CC=C)c3ccccc3)[C@@H]3OC12CC3Br)c1ccc(OC)cc1. The third-order valence-corrected chi connectivity index (χ3v) is 10.0. The van der Waals surface area contributed by atoms with Crippen LogP contribution >= 0.6 is 15.9 Å². The van der Waals surface area contributed by atoms with Gasteiger partial charge >= 0.3 is 0 Å². The van der Waals surface area contributed by atoms with Crippen LogP contribution in [0.5, 0.6) is 5.75 Å². The van der Waals surface area contributed by atoms with Crippen molar-refractivity contribution in [2.45, 2.75) is 48.9 Å². The number of fused-ring (bicyclic) bond motifs is 1. The Morgan fingerprint density at radius 3 is 2.20 bits per heavy atom. The second-order valence-corrected chi connectivity index (χ2v) is 13.1. The number of hydrogen-bond acceptors (Lipinski definition) is 6. The zero-order valence-corrected chi connectivity index (χ0v) is 26.9. The van der Waals surface area contributed by atoms with Crippen molar-refractivity contribution >= 4 is 45.0 Å². The Morgan fingerprint density at radius 1 is 1.07 bits per heavy atom. The lowest BCUT2D eigenvalue weighted by atomic mass is 9.70. The molecule has 1 N–H and O–H groups in total.